The minimum atomic E-state index is 0. The molecule has 1 aromatic rings. The van der Waals surface area contributed by atoms with Gasteiger partial charge >= 0.3 is 0 Å². The highest BCUT2D eigenvalue weighted by atomic mass is 35.5. The van der Waals surface area contributed by atoms with E-state index in [1.807, 2.05) is 31.2 Å². The van der Waals surface area contributed by atoms with Gasteiger partial charge in [-0.2, -0.15) is 0 Å². The molecule has 1 aromatic carbocycles. The molecule has 2 fully saturated rings. The number of piperidine rings is 1. The van der Waals surface area contributed by atoms with Crippen LogP contribution in [0.4, 0.5) is 0 Å². The number of carbonyl (C=O) groups excluding carboxylic acids is 1. The van der Waals surface area contributed by atoms with Crippen LogP contribution in [0.2, 0.25) is 0 Å². The molecule has 0 aromatic heterocycles. The van der Waals surface area contributed by atoms with Crippen LogP contribution in [0.1, 0.15) is 50.6 Å². The van der Waals surface area contributed by atoms with Gasteiger partial charge in [-0.3, -0.25) is 4.79 Å². The third-order valence-electron chi connectivity index (χ3n) is 5.04. The van der Waals surface area contributed by atoms with Crippen LogP contribution in [0.5, 0.6) is 5.75 Å². The summed E-state index contributed by atoms with van der Waals surface area (Å²) in [5.41, 5.74) is 1.11. The minimum Gasteiger partial charge on any atom is -0.497 e. The molecule has 0 radical (unpaired) electrons. The number of ether oxygens (including phenoxy) is 1. The van der Waals surface area contributed by atoms with Gasteiger partial charge in [0.05, 0.1) is 13.2 Å². The Morgan fingerprint density at radius 2 is 1.87 bits per heavy atom. The van der Waals surface area contributed by atoms with Crippen LogP contribution in [-0.2, 0) is 4.79 Å². The van der Waals surface area contributed by atoms with Gasteiger partial charge in [0.25, 0.3) is 0 Å². The molecule has 23 heavy (non-hydrogen) atoms. The average Bonchev–Trinajstić information content (AvgIpc) is 2.86. The Labute approximate surface area is 144 Å². The number of hydrogen-bond acceptors (Lipinski definition) is 3. The van der Waals surface area contributed by atoms with Crippen molar-refractivity contribution in [2.45, 2.75) is 57.2 Å². The molecule has 5 heteroatoms. The van der Waals surface area contributed by atoms with Crippen molar-refractivity contribution in [3.05, 3.63) is 29.8 Å². The lowest BCUT2D eigenvalue weighted by Crippen LogP contribution is -2.40. The van der Waals surface area contributed by atoms with Gasteiger partial charge in [-0.15, -0.1) is 12.4 Å². The molecule has 3 unspecified atom stereocenters. The molecule has 0 spiro atoms. The molecule has 2 heterocycles. The number of rotatable bonds is 5. The van der Waals surface area contributed by atoms with E-state index in [0.717, 1.165) is 24.2 Å². The van der Waals surface area contributed by atoms with Crippen molar-refractivity contribution in [2.75, 3.05) is 7.11 Å². The van der Waals surface area contributed by atoms with Gasteiger partial charge in [-0.1, -0.05) is 12.1 Å². The maximum atomic E-state index is 12.3. The first-order valence-electron chi connectivity index (χ1n) is 8.33. The van der Waals surface area contributed by atoms with Crippen molar-refractivity contribution < 1.29 is 9.53 Å². The van der Waals surface area contributed by atoms with Crippen LogP contribution < -0.4 is 15.4 Å². The zero-order valence-corrected chi connectivity index (χ0v) is 14.7. The molecular formula is C18H27ClN2O2. The smallest absolute Gasteiger partial charge is 0.220 e. The molecule has 2 bridgehead atoms. The first kappa shape index (κ1) is 18.1. The van der Waals surface area contributed by atoms with Crippen molar-refractivity contribution in [1.82, 2.24) is 10.6 Å². The number of methoxy groups -OCH3 is 1. The van der Waals surface area contributed by atoms with Crippen LogP contribution in [0.15, 0.2) is 24.3 Å². The molecule has 2 aliphatic rings. The predicted molar refractivity (Wildman–Crippen MR) is 94.1 cm³/mol. The van der Waals surface area contributed by atoms with Gasteiger partial charge in [0, 0.05) is 18.5 Å². The Balaban J connectivity index is 0.00000192. The molecule has 0 aliphatic carbocycles. The van der Waals surface area contributed by atoms with Gasteiger partial charge in [-0.05, 0) is 56.2 Å². The number of carbonyl (C=O) groups is 1. The topological polar surface area (TPSA) is 50.4 Å². The summed E-state index contributed by atoms with van der Waals surface area (Å²) in [7, 11) is 1.66. The summed E-state index contributed by atoms with van der Waals surface area (Å²) in [5.74, 6) is 1.56. The minimum absolute atomic E-state index is 0. The number of amides is 1. The normalized spacial score (nSPS) is 27.0. The Bertz CT molecular complexity index is 508. The maximum Gasteiger partial charge on any atom is 0.220 e. The standard InChI is InChI=1S/C18H26N2O2.ClH/c1-12(14-3-7-17(22-2)8-4-14)19-18(21)11-13-9-15-5-6-16(10-13)20-15;/h3-4,7-8,12-13,15-16,20H,5-6,9-11H2,1-2H3,(H,19,21);1H. The lowest BCUT2D eigenvalue weighted by atomic mass is 9.89. The second-order valence-corrected chi connectivity index (χ2v) is 6.74. The van der Waals surface area contributed by atoms with E-state index in [4.69, 9.17) is 4.74 Å². The van der Waals surface area contributed by atoms with Crippen molar-refractivity contribution in [3.63, 3.8) is 0 Å². The Kier molecular flexibility index (Phi) is 6.31. The SMILES string of the molecule is COc1ccc(C(C)NC(=O)CC2CC3CCC(C2)N3)cc1.Cl. The highest BCUT2D eigenvalue weighted by Crippen LogP contribution is 2.32. The second-order valence-electron chi connectivity index (χ2n) is 6.74. The predicted octanol–water partition coefficient (Wildman–Crippen LogP) is 3.21. The lowest BCUT2D eigenvalue weighted by molar-refractivity contribution is -0.122. The van der Waals surface area contributed by atoms with Crippen molar-refractivity contribution in [2.24, 2.45) is 5.92 Å². The maximum absolute atomic E-state index is 12.3. The molecule has 1 amide bonds. The van der Waals surface area contributed by atoms with Gasteiger partial charge in [-0.25, -0.2) is 0 Å². The number of halogens is 1. The van der Waals surface area contributed by atoms with Crippen LogP contribution in [-0.4, -0.2) is 25.1 Å². The van der Waals surface area contributed by atoms with E-state index in [2.05, 4.69) is 10.6 Å². The zero-order valence-electron chi connectivity index (χ0n) is 13.9. The Hall–Kier alpha value is -1.26. The van der Waals surface area contributed by atoms with Crippen LogP contribution in [0.3, 0.4) is 0 Å². The van der Waals surface area contributed by atoms with E-state index < -0.39 is 0 Å². The van der Waals surface area contributed by atoms with Crippen LogP contribution in [0, 0.1) is 5.92 Å². The van der Waals surface area contributed by atoms with Crippen molar-refractivity contribution >= 4 is 18.3 Å². The zero-order chi connectivity index (χ0) is 15.5. The van der Waals surface area contributed by atoms with E-state index in [1.54, 1.807) is 7.11 Å². The second kappa shape index (κ2) is 8.02. The molecule has 2 saturated heterocycles. The van der Waals surface area contributed by atoms with Crippen molar-refractivity contribution in [3.8, 4) is 5.75 Å². The molecular weight excluding hydrogens is 312 g/mol. The molecule has 3 rings (SSSR count). The number of hydrogen-bond donors (Lipinski definition) is 2. The summed E-state index contributed by atoms with van der Waals surface area (Å²) in [6.45, 7) is 2.03. The fourth-order valence-corrected chi connectivity index (χ4v) is 3.88. The third-order valence-corrected chi connectivity index (χ3v) is 5.04. The average molecular weight is 339 g/mol. The van der Waals surface area contributed by atoms with E-state index in [9.17, 15) is 4.79 Å². The van der Waals surface area contributed by atoms with Crippen LogP contribution >= 0.6 is 12.4 Å². The van der Waals surface area contributed by atoms with Crippen molar-refractivity contribution in [1.29, 1.82) is 0 Å². The number of benzene rings is 1. The molecule has 2 N–H and O–H groups in total. The number of nitrogens with one attached hydrogen (secondary N) is 2. The molecule has 2 aliphatic heterocycles. The van der Waals surface area contributed by atoms with E-state index in [-0.39, 0.29) is 24.4 Å². The number of fused-ring (bicyclic) bond motifs is 2. The first-order valence-corrected chi connectivity index (χ1v) is 8.33. The van der Waals surface area contributed by atoms with Gasteiger partial charge in [0.2, 0.25) is 5.91 Å². The lowest BCUT2D eigenvalue weighted by Gasteiger charge is -2.29. The largest absolute Gasteiger partial charge is 0.497 e. The first-order chi connectivity index (χ1) is 10.6. The fourth-order valence-electron chi connectivity index (χ4n) is 3.88. The summed E-state index contributed by atoms with van der Waals surface area (Å²) in [6.07, 6.45) is 5.53. The summed E-state index contributed by atoms with van der Waals surface area (Å²) in [5, 5.41) is 6.76. The quantitative estimate of drug-likeness (QED) is 0.866. The molecule has 4 nitrogen and oxygen atoms in total. The van der Waals surface area contributed by atoms with Gasteiger partial charge in [0.15, 0.2) is 0 Å². The molecule has 3 atom stereocenters. The van der Waals surface area contributed by atoms with Crippen LogP contribution in [0.25, 0.3) is 0 Å². The third kappa shape index (κ3) is 4.61. The van der Waals surface area contributed by atoms with E-state index >= 15 is 0 Å². The summed E-state index contributed by atoms with van der Waals surface area (Å²) in [4.78, 5) is 12.3. The molecule has 128 valence electrons. The Morgan fingerprint density at radius 1 is 1.26 bits per heavy atom. The molecule has 0 saturated carbocycles. The van der Waals surface area contributed by atoms with Gasteiger partial charge < -0.3 is 15.4 Å². The highest BCUT2D eigenvalue weighted by molar-refractivity contribution is 5.85. The Morgan fingerprint density at radius 3 is 2.43 bits per heavy atom. The van der Waals surface area contributed by atoms with E-state index in [1.165, 1.54) is 12.8 Å². The highest BCUT2D eigenvalue weighted by Gasteiger charge is 2.34. The summed E-state index contributed by atoms with van der Waals surface area (Å²) in [6, 6.07) is 9.22. The summed E-state index contributed by atoms with van der Waals surface area (Å²) < 4.78 is 5.16. The van der Waals surface area contributed by atoms with E-state index in [0.29, 0.717) is 24.4 Å². The summed E-state index contributed by atoms with van der Waals surface area (Å²) >= 11 is 0. The fraction of sp³-hybridized carbons (Fsp3) is 0.611. The monoisotopic (exact) mass is 338 g/mol. The van der Waals surface area contributed by atoms with Gasteiger partial charge in [0.1, 0.15) is 5.75 Å².